The van der Waals surface area contributed by atoms with Gasteiger partial charge in [-0.15, -0.1) is 11.6 Å². The monoisotopic (exact) mass is 328 g/mol. The van der Waals surface area contributed by atoms with Gasteiger partial charge in [0.05, 0.1) is 0 Å². The van der Waals surface area contributed by atoms with Crippen molar-refractivity contribution >= 4 is 28.6 Å². The number of nitrogens with two attached hydrogens (primary N) is 1. The fourth-order valence-electron chi connectivity index (χ4n) is 3.73. The molecule has 0 spiro atoms. The van der Waals surface area contributed by atoms with Crippen LogP contribution in [0.1, 0.15) is 28.7 Å². The summed E-state index contributed by atoms with van der Waals surface area (Å²) in [6.07, 6.45) is 1.70. The summed E-state index contributed by atoms with van der Waals surface area (Å²) in [5.74, 6) is 0.465. The zero-order chi connectivity index (χ0) is 16.0. The zero-order valence-electron chi connectivity index (χ0n) is 12.8. The molecule has 2 aromatic carbocycles. The van der Waals surface area contributed by atoms with Crippen LogP contribution in [0.4, 0.5) is 10.1 Å². The summed E-state index contributed by atoms with van der Waals surface area (Å²) in [5.41, 5.74) is 14.0. The van der Waals surface area contributed by atoms with Crippen molar-refractivity contribution in [2.75, 3.05) is 18.2 Å². The highest BCUT2D eigenvalue weighted by Crippen LogP contribution is 2.45. The van der Waals surface area contributed by atoms with Gasteiger partial charge in [0.1, 0.15) is 5.82 Å². The molecular weight excluding hydrogens is 311 g/mol. The second kappa shape index (κ2) is 5.57. The van der Waals surface area contributed by atoms with Crippen molar-refractivity contribution in [3.8, 4) is 0 Å². The molecule has 2 aromatic rings. The smallest absolute Gasteiger partial charge is 0.123 e. The minimum Gasteiger partial charge on any atom is -0.399 e. The number of benzene rings is 2. The lowest BCUT2D eigenvalue weighted by molar-refractivity contribution is 0.388. The fraction of sp³-hybridized carbons (Fsp3) is 0.263. The first-order valence-electron chi connectivity index (χ1n) is 7.89. The van der Waals surface area contributed by atoms with Crippen LogP contribution in [0.5, 0.6) is 0 Å². The molecule has 1 aliphatic heterocycles. The van der Waals surface area contributed by atoms with E-state index in [1.165, 1.54) is 22.4 Å². The first kappa shape index (κ1) is 14.6. The molecule has 0 unspecified atom stereocenters. The lowest BCUT2D eigenvalue weighted by Crippen LogP contribution is -2.27. The minimum absolute atomic E-state index is 0.173. The molecular formula is C19H18ClFN2. The van der Waals surface area contributed by atoms with Crippen molar-refractivity contribution in [3.63, 3.8) is 0 Å². The van der Waals surface area contributed by atoms with Crippen molar-refractivity contribution in [1.82, 2.24) is 4.90 Å². The van der Waals surface area contributed by atoms with E-state index in [1.807, 2.05) is 12.1 Å². The number of allylic oxidation sites excluding steroid dienone is 1. The van der Waals surface area contributed by atoms with E-state index in [0.717, 1.165) is 42.7 Å². The van der Waals surface area contributed by atoms with Crippen LogP contribution in [0.2, 0.25) is 0 Å². The number of nitrogen functional groups attached to an aromatic ring is 1. The molecule has 0 saturated carbocycles. The van der Waals surface area contributed by atoms with Gasteiger partial charge < -0.3 is 10.6 Å². The number of hydrogen-bond acceptors (Lipinski definition) is 2. The van der Waals surface area contributed by atoms with Gasteiger partial charge in [0.2, 0.25) is 0 Å². The molecule has 1 heterocycles. The molecule has 0 amide bonds. The molecule has 0 radical (unpaired) electrons. The Hall–Kier alpha value is -2.00. The fourth-order valence-corrected chi connectivity index (χ4v) is 3.84. The highest BCUT2D eigenvalue weighted by molar-refractivity contribution is 6.17. The SMILES string of the molecule is Nc1ccc2c(c1)CN(CCCCl)C1=C2Cc2cc(F)ccc21. The van der Waals surface area contributed by atoms with Crippen LogP contribution >= 0.6 is 11.6 Å². The summed E-state index contributed by atoms with van der Waals surface area (Å²) < 4.78 is 13.6. The maximum Gasteiger partial charge on any atom is 0.123 e. The van der Waals surface area contributed by atoms with E-state index in [9.17, 15) is 4.39 Å². The molecule has 4 rings (SSSR count). The molecule has 0 fully saturated rings. The van der Waals surface area contributed by atoms with Crippen molar-refractivity contribution in [3.05, 3.63) is 64.5 Å². The molecule has 2 nitrogen and oxygen atoms in total. The molecule has 118 valence electrons. The van der Waals surface area contributed by atoms with Crippen LogP contribution < -0.4 is 5.73 Å². The summed E-state index contributed by atoms with van der Waals surface area (Å²) in [5, 5.41) is 0. The third-order valence-electron chi connectivity index (χ3n) is 4.67. The van der Waals surface area contributed by atoms with Crippen LogP contribution in [0.3, 0.4) is 0 Å². The van der Waals surface area contributed by atoms with E-state index >= 15 is 0 Å². The molecule has 2 N–H and O–H groups in total. The van der Waals surface area contributed by atoms with Crippen molar-refractivity contribution in [1.29, 1.82) is 0 Å². The molecule has 23 heavy (non-hydrogen) atoms. The van der Waals surface area contributed by atoms with Gasteiger partial charge in [-0.2, -0.15) is 0 Å². The van der Waals surface area contributed by atoms with Gasteiger partial charge in [-0.1, -0.05) is 6.07 Å². The van der Waals surface area contributed by atoms with Crippen LogP contribution in [0.25, 0.3) is 11.3 Å². The first-order chi connectivity index (χ1) is 11.2. The van der Waals surface area contributed by atoms with Gasteiger partial charge in [-0.25, -0.2) is 4.39 Å². The second-order valence-corrected chi connectivity index (χ2v) is 6.56. The highest BCUT2D eigenvalue weighted by atomic mass is 35.5. The Morgan fingerprint density at radius 1 is 1.09 bits per heavy atom. The first-order valence-corrected chi connectivity index (χ1v) is 8.42. The van der Waals surface area contributed by atoms with E-state index in [0.29, 0.717) is 5.88 Å². The molecule has 2 aliphatic rings. The molecule has 0 aromatic heterocycles. The normalized spacial score (nSPS) is 15.5. The summed E-state index contributed by atoms with van der Waals surface area (Å²) in [6.45, 7) is 1.72. The third kappa shape index (κ3) is 2.40. The van der Waals surface area contributed by atoms with Crippen LogP contribution in [-0.4, -0.2) is 17.3 Å². The molecule has 1 aliphatic carbocycles. The van der Waals surface area contributed by atoms with E-state index in [1.54, 1.807) is 12.1 Å². The Morgan fingerprint density at radius 3 is 2.74 bits per heavy atom. The molecule has 0 bridgehead atoms. The Labute approximate surface area is 140 Å². The Morgan fingerprint density at radius 2 is 1.91 bits per heavy atom. The van der Waals surface area contributed by atoms with E-state index in [4.69, 9.17) is 17.3 Å². The maximum atomic E-state index is 13.6. The van der Waals surface area contributed by atoms with Crippen LogP contribution in [0, 0.1) is 5.82 Å². The molecule has 0 saturated heterocycles. The van der Waals surface area contributed by atoms with Gasteiger partial charge in [-0.3, -0.25) is 0 Å². The number of hydrogen-bond donors (Lipinski definition) is 1. The Balaban J connectivity index is 1.85. The summed E-state index contributed by atoms with van der Waals surface area (Å²) in [7, 11) is 0. The lowest BCUT2D eigenvalue weighted by atomic mass is 9.93. The highest BCUT2D eigenvalue weighted by Gasteiger charge is 2.31. The van der Waals surface area contributed by atoms with Gasteiger partial charge in [0.15, 0.2) is 0 Å². The summed E-state index contributed by atoms with van der Waals surface area (Å²) in [4.78, 5) is 2.36. The maximum absolute atomic E-state index is 13.6. The lowest BCUT2D eigenvalue weighted by Gasteiger charge is -2.33. The average Bonchev–Trinajstić information content (AvgIpc) is 2.90. The number of halogens is 2. The second-order valence-electron chi connectivity index (χ2n) is 6.19. The van der Waals surface area contributed by atoms with Crippen LogP contribution in [-0.2, 0) is 13.0 Å². The Kier molecular flexibility index (Phi) is 3.53. The van der Waals surface area contributed by atoms with E-state index < -0.39 is 0 Å². The van der Waals surface area contributed by atoms with E-state index in [-0.39, 0.29) is 5.82 Å². The average molecular weight is 329 g/mol. The standard InChI is InChI=1S/C19H18ClFN2/c20-6-1-7-23-11-13-9-15(22)3-5-16(13)18-10-12-8-14(21)2-4-17(12)19(18)23/h2-5,8-9H,1,6-7,10-11,22H2. The van der Waals surface area contributed by atoms with Crippen molar-refractivity contribution < 1.29 is 4.39 Å². The number of nitrogens with zero attached hydrogens (tertiary/aromatic N) is 1. The number of alkyl halides is 1. The summed E-state index contributed by atoms with van der Waals surface area (Å²) in [6, 6.07) is 11.2. The number of fused-ring (bicyclic) bond motifs is 4. The van der Waals surface area contributed by atoms with E-state index in [2.05, 4.69) is 17.0 Å². The summed E-state index contributed by atoms with van der Waals surface area (Å²) >= 11 is 5.90. The molecule has 0 atom stereocenters. The van der Waals surface area contributed by atoms with Crippen LogP contribution in [0.15, 0.2) is 36.4 Å². The van der Waals surface area contributed by atoms with Gasteiger partial charge >= 0.3 is 0 Å². The third-order valence-corrected chi connectivity index (χ3v) is 4.94. The quantitative estimate of drug-likeness (QED) is 0.673. The predicted molar refractivity (Wildman–Crippen MR) is 93.5 cm³/mol. The minimum atomic E-state index is -0.173. The Bertz CT molecular complexity index is 813. The van der Waals surface area contributed by atoms with Gasteiger partial charge in [0.25, 0.3) is 0 Å². The van der Waals surface area contributed by atoms with Gasteiger partial charge in [-0.05, 0) is 59.0 Å². The number of rotatable bonds is 3. The largest absolute Gasteiger partial charge is 0.399 e. The van der Waals surface area contributed by atoms with Gasteiger partial charge in [0, 0.05) is 42.3 Å². The topological polar surface area (TPSA) is 29.3 Å². The predicted octanol–water partition coefficient (Wildman–Crippen LogP) is 4.28. The molecule has 4 heteroatoms. The van der Waals surface area contributed by atoms with Crippen molar-refractivity contribution in [2.45, 2.75) is 19.4 Å². The van der Waals surface area contributed by atoms with Crippen molar-refractivity contribution in [2.24, 2.45) is 0 Å². The zero-order valence-corrected chi connectivity index (χ0v) is 13.5. The number of anilines is 1.